The summed E-state index contributed by atoms with van der Waals surface area (Å²) in [7, 11) is -2.87. The van der Waals surface area contributed by atoms with Crippen molar-refractivity contribution in [1.29, 1.82) is 0 Å². The Bertz CT molecular complexity index is 1100. The van der Waals surface area contributed by atoms with Crippen LogP contribution in [0.2, 0.25) is 0 Å². The standard InChI is InChI=1S/C28H30ClN3.HO3P/c1-3-22(4-2)20-26(29)27-30-21-32(31-27)28(23-14-8-5-9-15-23,24-16-10-6-11-17-24)25-18-12-7-13-19-25;1-4(2)3/h5-19,21-22,26H,3-4,20H2,1-2H3;(H-,1,2,3)/p+1. The van der Waals surface area contributed by atoms with Crippen LogP contribution in [-0.2, 0) is 10.1 Å². The zero-order valence-corrected chi connectivity index (χ0v) is 22.1. The monoisotopic (exact) mass is 524 g/mol. The highest BCUT2D eigenvalue weighted by Gasteiger charge is 2.40. The number of aromatic nitrogens is 3. The average Bonchev–Trinajstić information content (AvgIpc) is 3.40. The van der Waals surface area contributed by atoms with Crippen molar-refractivity contribution in [2.45, 2.75) is 44.0 Å². The maximum Gasteiger partial charge on any atom is 0.692 e. The van der Waals surface area contributed by atoms with Gasteiger partial charge in [0, 0.05) is 4.57 Å². The second-order valence-electron chi connectivity index (χ2n) is 8.49. The van der Waals surface area contributed by atoms with Crippen LogP contribution in [0.4, 0.5) is 0 Å². The minimum atomic E-state index is -2.87. The quantitative estimate of drug-likeness (QED) is 0.142. The van der Waals surface area contributed by atoms with Crippen LogP contribution in [-0.4, -0.2) is 24.6 Å². The van der Waals surface area contributed by atoms with E-state index in [0.29, 0.717) is 11.7 Å². The van der Waals surface area contributed by atoms with Crippen LogP contribution >= 0.6 is 19.9 Å². The minimum Gasteiger partial charge on any atom is -0.233 e. The second kappa shape index (κ2) is 13.4. The third-order valence-electron chi connectivity index (χ3n) is 6.40. The normalized spacial score (nSPS) is 12.1. The van der Waals surface area contributed by atoms with Gasteiger partial charge in [0.05, 0.1) is 5.38 Å². The topological polar surface area (TPSA) is 88.2 Å². The van der Waals surface area contributed by atoms with Gasteiger partial charge >= 0.3 is 8.25 Å². The van der Waals surface area contributed by atoms with Gasteiger partial charge in [-0.05, 0) is 29.0 Å². The molecule has 0 radical (unpaired) electrons. The van der Waals surface area contributed by atoms with Gasteiger partial charge in [-0.2, -0.15) is 5.10 Å². The molecule has 0 saturated heterocycles. The van der Waals surface area contributed by atoms with Crippen molar-refractivity contribution >= 4 is 19.9 Å². The van der Waals surface area contributed by atoms with Gasteiger partial charge in [0.2, 0.25) is 0 Å². The first kappa shape index (κ1) is 27.7. The molecule has 1 aromatic heterocycles. The van der Waals surface area contributed by atoms with Crippen LogP contribution in [0.3, 0.4) is 0 Å². The maximum atomic E-state index is 8.70. The summed E-state index contributed by atoms with van der Waals surface area (Å²) in [5, 5.41) is 4.80. The summed E-state index contributed by atoms with van der Waals surface area (Å²) < 4.78 is 10.7. The first-order valence-corrected chi connectivity index (χ1v) is 13.6. The summed E-state index contributed by atoms with van der Waals surface area (Å²) >= 11 is 6.82. The summed E-state index contributed by atoms with van der Waals surface area (Å²) in [5.41, 5.74) is 2.72. The lowest BCUT2D eigenvalue weighted by Gasteiger charge is -2.35. The molecule has 4 aromatic rings. The summed E-state index contributed by atoms with van der Waals surface area (Å²) in [4.78, 5) is 18.9. The third kappa shape index (κ3) is 6.45. The van der Waals surface area contributed by atoms with Crippen LogP contribution in [0.1, 0.15) is 61.0 Å². The molecule has 0 amide bonds. The summed E-state index contributed by atoms with van der Waals surface area (Å²) in [6.07, 6.45) is 4.95. The zero-order valence-electron chi connectivity index (χ0n) is 20.5. The van der Waals surface area contributed by atoms with Gasteiger partial charge in [-0.25, -0.2) is 9.67 Å². The SMILES string of the molecule is CCC(CC)CC(Cl)c1ncn(C(c2ccccc2)(c2ccccc2)c2ccccc2)n1.O=[P+](O)O. The predicted octanol–water partition coefficient (Wildman–Crippen LogP) is 6.85. The number of hydrogen-bond donors (Lipinski definition) is 2. The molecule has 0 bridgehead atoms. The van der Waals surface area contributed by atoms with Gasteiger partial charge in [-0.1, -0.05) is 118 Å². The molecule has 1 atom stereocenters. The van der Waals surface area contributed by atoms with Crippen molar-refractivity contribution in [1.82, 2.24) is 14.8 Å². The van der Waals surface area contributed by atoms with E-state index < -0.39 is 13.8 Å². The molecule has 2 N–H and O–H groups in total. The Morgan fingerprint density at radius 1 is 0.833 bits per heavy atom. The molecule has 6 nitrogen and oxygen atoms in total. The van der Waals surface area contributed by atoms with Gasteiger partial charge in [-0.15, -0.1) is 21.4 Å². The molecule has 0 fully saturated rings. The van der Waals surface area contributed by atoms with Crippen molar-refractivity contribution in [2.24, 2.45) is 5.92 Å². The van der Waals surface area contributed by atoms with E-state index in [0.717, 1.165) is 36.0 Å². The van der Waals surface area contributed by atoms with Gasteiger partial charge in [0.1, 0.15) is 11.9 Å². The molecule has 188 valence electrons. The highest BCUT2D eigenvalue weighted by Crippen LogP contribution is 2.40. The van der Waals surface area contributed by atoms with E-state index in [1.54, 1.807) is 0 Å². The highest BCUT2D eigenvalue weighted by molar-refractivity contribution is 7.30. The number of alkyl halides is 1. The Hall–Kier alpha value is -2.89. The molecular formula is C28H32ClN3O3P+. The fraction of sp³-hybridized carbons (Fsp3) is 0.286. The molecule has 0 spiro atoms. The van der Waals surface area contributed by atoms with Crippen LogP contribution in [0, 0.1) is 5.92 Å². The Morgan fingerprint density at radius 3 is 1.58 bits per heavy atom. The van der Waals surface area contributed by atoms with E-state index in [9.17, 15) is 0 Å². The maximum absolute atomic E-state index is 8.70. The van der Waals surface area contributed by atoms with Crippen molar-refractivity contribution < 1.29 is 14.4 Å². The molecule has 0 aliphatic carbocycles. The largest absolute Gasteiger partial charge is 0.692 e. The number of halogens is 1. The number of hydrogen-bond acceptors (Lipinski definition) is 3. The Morgan fingerprint density at radius 2 is 1.22 bits per heavy atom. The fourth-order valence-corrected chi connectivity index (χ4v) is 4.89. The number of nitrogens with zero attached hydrogens (tertiary/aromatic N) is 3. The molecule has 3 aromatic carbocycles. The lowest BCUT2D eigenvalue weighted by molar-refractivity contribution is 0.405. The molecule has 0 aliphatic heterocycles. The summed E-state index contributed by atoms with van der Waals surface area (Å²) in [5.74, 6) is 1.26. The average molecular weight is 525 g/mol. The lowest BCUT2D eigenvalue weighted by atomic mass is 9.77. The Kier molecular flexibility index (Phi) is 10.3. The van der Waals surface area contributed by atoms with E-state index in [1.165, 1.54) is 0 Å². The van der Waals surface area contributed by atoms with Crippen molar-refractivity contribution in [2.75, 3.05) is 0 Å². The highest BCUT2D eigenvalue weighted by atomic mass is 35.5. The first-order valence-electron chi connectivity index (χ1n) is 12.0. The second-order valence-corrected chi connectivity index (χ2v) is 9.53. The lowest BCUT2D eigenvalue weighted by Crippen LogP contribution is -2.38. The molecule has 36 heavy (non-hydrogen) atoms. The number of benzene rings is 3. The Balaban J connectivity index is 0.000000840. The van der Waals surface area contributed by atoms with E-state index in [2.05, 4.69) is 86.6 Å². The Labute approximate surface area is 218 Å². The van der Waals surface area contributed by atoms with Crippen molar-refractivity contribution in [3.63, 3.8) is 0 Å². The van der Waals surface area contributed by atoms with Crippen LogP contribution in [0.15, 0.2) is 97.3 Å². The van der Waals surface area contributed by atoms with E-state index in [-0.39, 0.29) is 5.38 Å². The van der Waals surface area contributed by atoms with Gasteiger partial charge in [0.25, 0.3) is 0 Å². The fourth-order valence-electron chi connectivity index (χ4n) is 4.54. The molecule has 1 heterocycles. The summed E-state index contributed by atoms with van der Waals surface area (Å²) in [6.45, 7) is 4.43. The smallest absolute Gasteiger partial charge is 0.233 e. The van der Waals surface area contributed by atoms with Gasteiger partial charge in [-0.3, -0.25) is 0 Å². The van der Waals surface area contributed by atoms with Crippen LogP contribution in [0.25, 0.3) is 0 Å². The molecular weight excluding hydrogens is 493 g/mol. The van der Waals surface area contributed by atoms with Crippen LogP contribution in [0.5, 0.6) is 0 Å². The van der Waals surface area contributed by atoms with E-state index in [1.807, 2.05) is 29.2 Å². The zero-order chi connectivity index (χ0) is 26.0. The van der Waals surface area contributed by atoms with Gasteiger partial charge < -0.3 is 0 Å². The van der Waals surface area contributed by atoms with E-state index >= 15 is 0 Å². The molecule has 0 saturated carbocycles. The molecule has 4 rings (SSSR count). The van der Waals surface area contributed by atoms with Crippen molar-refractivity contribution in [3.8, 4) is 0 Å². The molecule has 8 heteroatoms. The molecule has 0 aliphatic rings. The first-order chi connectivity index (χ1) is 17.4. The van der Waals surface area contributed by atoms with Crippen molar-refractivity contribution in [3.05, 3.63) is 120 Å². The minimum absolute atomic E-state index is 0.207. The van der Waals surface area contributed by atoms with Crippen LogP contribution < -0.4 is 0 Å². The number of rotatable bonds is 9. The third-order valence-corrected chi connectivity index (χ3v) is 6.78. The molecule has 1 unspecified atom stereocenters. The summed E-state index contributed by atoms with van der Waals surface area (Å²) in [6, 6.07) is 31.5. The van der Waals surface area contributed by atoms with E-state index in [4.69, 9.17) is 36.0 Å². The predicted molar refractivity (Wildman–Crippen MR) is 144 cm³/mol. The van der Waals surface area contributed by atoms with Gasteiger partial charge in [0.15, 0.2) is 5.82 Å².